The zero-order chi connectivity index (χ0) is 22.7. The second-order valence-electron chi connectivity index (χ2n) is 10.2. The van der Waals surface area contributed by atoms with Crippen LogP contribution in [0.25, 0.3) is 10.9 Å². The van der Waals surface area contributed by atoms with Crippen LogP contribution in [0.15, 0.2) is 30.5 Å². The summed E-state index contributed by atoms with van der Waals surface area (Å²) < 4.78 is 5.96. The fourth-order valence-electron chi connectivity index (χ4n) is 6.19. The molecule has 6 nitrogen and oxygen atoms in total. The summed E-state index contributed by atoms with van der Waals surface area (Å²) in [5.41, 5.74) is 1.28. The molecule has 2 N–H and O–H groups in total. The Morgan fingerprint density at radius 1 is 1.03 bits per heavy atom. The molecule has 1 atom stereocenters. The highest BCUT2D eigenvalue weighted by molar-refractivity contribution is 5.94. The maximum absolute atomic E-state index is 14.0. The number of amides is 2. The van der Waals surface area contributed by atoms with E-state index in [1.54, 1.807) is 0 Å². The first-order valence-corrected chi connectivity index (χ1v) is 12.9. The molecule has 0 radical (unpaired) electrons. The van der Waals surface area contributed by atoms with Crippen LogP contribution in [0.1, 0.15) is 76.2 Å². The Morgan fingerprint density at radius 2 is 1.82 bits per heavy atom. The summed E-state index contributed by atoms with van der Waals surface area (Å²) in [5, 5.41) is 4.44. The molecule has 2 saturated carbocycles. The van der Waals surface area contributed by atoms with Gasteiger partial charge in [-0.15, -0.1) is 0 Å². The van der Waals surface area contributed by atoms with E-state index in [1.165, 1.54) is 12.8 Å². The monoisotopic (exact) mass is 451 g/mol. The molecule has 6 heteroatoms. The molecule has 0 spiro atoms. The van der Waals surface area contributed by atoms with E-state index in [0.717, 1.165) is 80.9 Å². The lowest BCUT2D eigenvalue weighted by atomic mass is 9.78. The van der Waals surface area contributed by atoms with Crippen molar-refractivity contribution in [2.24, 2.45) is 0 Å². The van der Waals surface area contributed by atoms with E-state index in [0.29, 0.717) is 13.0 Å². The normalized spacial score (nSPS) is 23.1. The molecule has 1 aliphatic heterocycles. The number of hydrogen-bond acceptors (Lipinski definition) is 3. The Morgan fingerprint density at radius 3 is 2.58 bits per heavy atom. The minimum absolute atomic E-state index is 0.0231. The van der Waals surface area contributed by atoms with Gasteiger partial charge in [0.15, 0.2) is 0 Å². The van der Waals surface area contributed by atoms with E-state index in [9.17, 15) is 9.59 Å². The van der Waals surface area contributed by atoms with Crippen molar-refractivity contribution in [2.75, 3.05) is 13.2 Å². The lowest BCUT2D eigenvalue weighted by molar-refractivity contribution is -0.152. The van der Waals surface area contributed by atoms with E-state index in [-0.39, 0.29) is 24.0 Å². The number of fused-ring (bicyclic) bond motifs is 1. The Kier molecular flexibility index (Phi) is 6.72. The number of ether oxygens (including phenoxy) is 1. The summed E-state index contributed by atoms with van der Waals surface area (Å²) >= 11 is 0. The maximum atomic E-state index is 14.0. The van der Waals surface area contributed by atoms with Crippen molar-refractivity contribution in [2.45, 2.75) is 94.7 Å². The van der Waals surface area contributed by atoms with Gasteiger partial charge in [-0.05, 0) is 50.2 Å². The number of hydrogen-bond donors (Lipinski definition) is 2. The molecule has 178 valence electrons. The van der Waals surface area contributed by atoms with E-state index < -0.39 is 5.54 Å². The summed E-state index contributed by atoms with van der Waals surface area (Å²) in [6.07, 6.45) is 13.3. The molecule has 1 aromatic carbocycles. The first-order chi connectivity index (χ1) is 16.2. The zero-order valence-electron chi connectivity index (χ0n) is 19.6. The van der Waals surface area contributed by atoms with Crippen molar-refractivity contribution >= 4 is 22.7 Å². The van der Waals surface area contributed by atoms with E-state index >= 15 is 0 Å². The summed E-state index contributed by atoms with van der Waals surface area (Å²) in [4.78, 5) is 33.1. The minimum Gasteiger partial charge on any atom is -0.376 e. The molecule has 5 rings (SSSR count). The molecule has 0 unspecified atom stereocenters. The number of rotatable bonds is 7. The van der Waals surface area contributed by atoms with E-state index in [4.69, 9.17) is 4.74 Å². The first-order valence-electron chi connectivity index (χ1n) is 12.9. The number of H-pyrrole nitrogens is 1. The van der Waals surface area contributed by atoms with Crippen LogP contribution in [-0.2, 0) is 20.7 Å². The van der Waals surface area contributed by atoms with Crippen molar-refractivity contribution in [3.05, 3.63) is 36.0 Å². The number of carbonyl (C=O) groups excluding carboxylic acids is 2. The number of aromatic amines is 1. The SMILES string of the molecule is O=C(Cc1c[nH]c2ccccc12)N(C[C@H]1CCCO1)C1(C(=O)NC2CCCC2)CCCCC1. The second kappa shape index (κ2) is 9.88. The molecule has 1 aromatic heterocycles. The van der Waals surface area contributed by atoms with Gasteiger partial charge in [0.2, 0.25) is 11.8 Å². The van der Waals surface area contributed by atoms with Crippen molar-refractivity contribution in [1.29, 1.82) is 0 Å². The van der Waals surface area contributed by atoms with Gasteiger partial charge in [-0.1, -0.05) is 50.3 Å². The highest BCUT2D eigenvalue weighted by Crippen LogP contribution is 2.36. The number of benzene rings is 1. The zero-order valence-corrected chi connectivity index (χ0v) is 19.6. The average Bonchev–Trinajstić information content (AvgIpc) is 3.61. The van der Waals surface area contributed by atoms with Crippen LogP contribution in [0, 0.1) is 0 Å². The van der Waals surface area contributed by atoms with Gasteiger partial charge in [0.05, 0.1) is 12.5 Å². The quantitative estimate of drug-likeness (QED) is 0.652. The van der Waals surface area contributed by atoms with Gasteiger partial charge in [-0.3, -0.25) is 9.59 Å². The predicted molar refractivity (Wildman–Crippen MR) is 129 cm³/mol. The van der Waals surface area contributed by atoms with Crippen LogP contribution in [0.2, 0.25) is 0 Å². The lowest BCUT2D eigenvalue weighted by Gasteiger charge is -2.46. The molecule has 2 amide bonds. The molecule has 33 heavy (non-hydrogen) atoms. The molecule has 2 aliphatic carbocycles. The molecule has 1 saturated heterocycles. The molecule has 0 bridgehead atoms. The lowest BCUT2D eigenvalue weighted by Crippen LogP contribution is -2.64. The number of aromatic nitrogens is 1. The number of nitrogens with zero attached hydrogens (tertiary/aromatic N) is 1. The maximum Gasteiger partial charge on any atom is 0.246 e. The Hall–Kier alpha value is -2.34. The summed E-state index contributed by atoms with van der Waals surface area (Å²) in [5.74, 6) is 0.109. The fourth-order valence-corrected chi connectivity index (χ4v) is 6.19. The van der Waals surface area contributed by atoms with E-state index in [2.05, 4.69) is 16.4 Å². The van der Waals surface area contributed by atoms with Gasteiger partial charge in [0, 0.05) is 36.3 Å². The van der Waals surface area contributed by atoms with Crippen LogP contribution in [-0.4, -0.2) is 52.5 Å². The molecule has 3 fully saturated rings. The molecule has 2 heterocycles. The predicted octanol–water partition coefficient (Wildman–Crippen LogP) is 4.48. The standard InChI is InChI=1S/C27H37N3O3/c31-25(17-20-18-28-24-13-5-4-12-23(20)24)30(19-22-11-8-16-33-22)27(14-6-1-7-15-27)26(32)29-21-9-2-3-10-21/h4-5,12-13,18,21-22,28H,1-3,6-11,14-17,19H2,(H,29,32)/t22-/m1/s1. The molecular weight excluding hydrogens is 414 g/mol. The highest BCUT2D eigenvalue weighted by Gasteiger charge is 2.48. The largest absolute Gasteiger partial charge is 0.376 e. The van der Waals surface area contributed by atoms with Gasteiger partial charge in [-0.2, -0.15) is 0 Å². The fraction of sp³-hybridized carbons (Fsp3) is 0.630. The van der Waals surface area contributed by atoms with Crippen LogP contribution < -0.4 is 5.32 Å². The highest BCUT2D eigenvalue weighted by atomic mass is 16.5. The Balaban J connectivity index is 1.44. The smallest absolute Gasteiger partial charge is 0.246 e. The van der Waals surface area contributed by atoms with Crippen molar-refractivity contribution in [1.82, 2.24) is 15.2 Å². The van der Waals surface area contributed by atoms with Gasteiger partial charge < -0.3 is 19.9 Å². The third kappa shape index (κ3) is 4.68. The number of carbonyl (C=O) groups is 2. The van der Waals surface area contributed by atoms with Gasteiger partial charge >= 0.3 is 0 Å². The number of para-hydroxylation sites is 1. The van der Waals surface area contributed by atoms with Crippen molar-refractivity contribution in [3.63, 3.8) is 0 Å². The van der Waals surface area contributed by atoms with Crippen LogP contribution in [0.3, 0.4) is 0 Å². The average molecular weight is 452 g/mol. The van der Waals surface area contributed by atoms with Gasteiger partial charge in [-0.25, -0.2) is 0 Å². The number of nitrogens with one attached hydrogen (secondary N) is 2. The van der Waals surface area contributed by atoms with Gasteiger partial charge in [0.25, 0.3) is 0 Å². The Bertz CT molecular complexity index is 966. The van der Waals surface area contributed by atoms with Crippen molar-refractivity contribution in [3.8, 4) is 0 Å². The molecule has 2 aromatic rings. The third-order valence-electron chi connectivity index (χ3n) is 8.04. The van der Waals surface area contributed by atoms with Crippen LogP contribution >= 0.6 is 0 Å². The third-order valence-corrected chi connectivity index (χ3v) is 8.04. The first kappa shape index (κ1) is 22.5. The summed E-state index contributed by atoms with van der Waals surface area (Å²) in [7, 11) is 0. The second-order valence-corrected chi connectivity index (χ2v) is 10.2. The minimum atomic E-state index is -0.754. The topological polar surface area (TPSA) is 74.4 Å². The summed E-state index contributed by atoms with van der Waals surface area (Å²) in [6, 6.07) is 8.35. The Labute approximate surface area is 196 Å². The molecule has 3 aliphatic rings. The summed E-state index contributed by atoms with van der Waals surface area (Å²) in [6.45, 7) is 1.26. The van der Waals surface area contributed by atoms with Crippen LogP contribution in [0.5, 0.6) is 0 Å². The van der Waals surface area contributed by atoms with E-state index in [1.807, 2.05) is 29.3 Å². The van der Waals surface area contributed by atoms with Crippen LogP contribution in [0.4, 0.5) is 0 Å². The van der Waals surface area contributed by atoms with Crippen molar-refractivity contribution < 1.29 is 14.3 Å². The van der Waals surface area contributed by atoms with Gasteiger partial charge in [0.1, 0.15) is 5.54 Å². The molecular formula is C27H37N3O3.